The number of rotatable bonds is 1. The summed E-state index contributed by atoms with van der Waals surface area (Å²) in [7, 11) is 0. The minimum atomic E-state index is 0.243. The highest BCUT2D eigenvalue weighted by atomic mass is 14.7. The first-order valence-corrected chi connectivity index (χ1v) is 6.24. The third-order valence-corrected chi connectivity index (χ3v) is 3.72. The molecular formula is C16H17N. The van der Waals surface area contributed by atoms with E-state index in [9.17, 15) is 0 Å². The van der Waals surface area contributed by atoms with Crippen molar-refractivity contribution in [1.82, 2.24) is 0 Å². The molecule has 3 rings (SSSR count). The summed E-state index contributed by atoms with van der Waals surface area (Å²) in [4.78, 5) is 0. The van der Waals surface area contributed by atoms with Gasteiger partial charge in [-0.2, -0.15) is 0 Å². The number of fused-ring (bicyclic) bond motifs is 1. The molecule has 0 saturated heterocycles. The van der Waals surface area contributed by atoms with Crippen molar-refractivity contribution >= 4 is 0 Å². The van der Waals surface area contributed by atoms with Crippen LogP contribution in [0.2, 0.25) is 0 Å². The minimum absolute atomic E-state index is 0.243. The fraction of sp³-hybridized carbons (Fsp3) is 0.250. The van der Waals surface area contributed by atoms with Crippen LogP contribution >= 0.6 is 0 Å². The van der Waals surface area contributed by atoms with Gasteiger partial charge in [0.2, 0.25) is 0 Å². The number of nitrogens with two attached hydrogens (primary N) is 1. The summed E-state index contributed by atoms with van der Waals surface area (Å²) in [5.41, 5.74) is 10.5. The van der Waals surface area contributed by atoms with Crippen LogP contribution in [0.15, 0.2) is 54.6 Å². The third-order valence-electron chi connectivity index (χ3n) is 3.72. The maximum Gasteiger partial charge on any atom is 0.0244 e. The number of hydrogen-bond donors (Lipinski definition) is 1. The molecule has 1 aliphatic carbocycles. The Labute approximate surface area is 102 Å². The van der Waals surface area contributed by atoms with E-state index in [0.717, 1.165) is 12.8 Å². The van der Waals surface area contributed by atoms with Crippen LogP contribution in [0.4, 0.5) is 0 Å². The molecule has 2 atom stereocenters. The maximum absolute atomic E-state index is 6.33. The van der Waals surface area contributed by atoms with Gasteiger partial charge < -0.3 is 5.73 Å². The summed E-state index contributed by atoms with van der Waals surface area (Å²) in [6, 6.07) is 19.6. The highest BCUT2D eigenvalue weighted by Crippen LogP contribution is 2.35. The van der Waals surface area contributed by atoms with Gasteiger partial charge >= 0.3 is 0 Å². The van der Waals surface area contributed by atoms with E-state index in [1.165, 1.54) is 16.7 Å². The largest absolute Gasteiger partial charge is 0.327 e. The van der Waals surface area contributed by atoms with Crippen molar-refractivity contribution in [2.75, 3.05) is 0 Å². The predicted octanol–water partition coefficient (Wildman–Crippen LogP) is 3.09. The van der Waals surface area contributed by atoms with Crippen LogP contribution in [-0.2, 0) is 6.42 Å². The summed E-state index contributed by atoms with van der Waals surface area (Å²) in [6.45, 7) is 0. The quantitative estimate of drug-likeness (QED) is 0.790. The zero-order valence-electron chi connectivity index (χ0n) is 9.84. The minimum Gasteiger partial charge on any atom is -0.327 e. The first kappa shape index (κ1) is 10.5. The first-order chi connectivity index (χ1) is 8.36. The van der Waals surface area contributed by atoms with Crippen LogP contribution in [-0.4, -0.2) is 6.04 Å². The molecule has 86 valence electrons. The van der Waals surface area contributed by atoms with E-state index >= 15 is 0 Å². The normalized spacial score (nSPS) is 23.1. The first-order valence-electron chi connectivity index (χ1n) is 6.24. The Hall–Kier alpha value is -1.60. The molecule has 17 heavy (non-hydrogen) atoms. The number of benzene rings is 2. The lowest BCUT2D eigenvalue weighted by atomic mass is 9.76. The Morgan fingerprint density at radius 3 is 2.41 bits per heavy atom. The topological polar surface area (TPSA) is 26.0 Å². The van der Waals surface area contributed by atoms with Gasteiger partial charge in [0.25, 0.3) is 0 Å². The van der Waals surface area contributed by atoms with Crippen LogP contribution in [0.5, 0.6) is 0 Å². The van der Waals surface area contributed by atoms with E-state index in [0.29, 0.717) is 5.92 Å². The van der Waals surface area contributed by atoms with Crippen LogP contribution in [0, 0.1) is 0 Å². The molecule has 0 saturated carbocycles. The van der Waals surface area contributed by atoms with Crippen LogP contribution in [0.25, 0.3) is 0 Å². The summed E-state index contributed by atoms with van der Waals surface area (Å²) in [5, 5.41) is 0. The molecule has 0 heterocycles. The lowest BCUT2D eigenvalue weighted by Crippen LogP contribution is -2.33. The monoisotopic (exact) mass is 223 g/mol. The number of aryl methyl sites for hydroxylation is 1. The van der Waals surface area contributed by atoms with Crippen molar-refractivity contribution in [2.45, 2.75) is 24.8 Å². The molecular weight excluding hydrogens is 206 g/mol. The second kappa shape index (κ2) is 4.34. The van der Waals surface area contributed by atoms with Gasteiger partial charge in [-0.25, -0.2) is 0 Å². The average molecular weight is 223 g/mol. The van der Waals surface area contributed by atoms with Gasteiger partial charge in [-0.3, -0.25) is 0 Å². The second-order valence-corrected chi connectivity index (χ2v) is 4.79. The average Bonchev–Trinajstić information content (AvgIpc) is 2.39. The van der Waals surface area contributed by atoms with E-state index < -0.39 is 0 Å². The van der Waals surface area contributed by atoms with Crippen molar-refractivity contribution in [1.29, 1.82) is 0 Å². The van der Waals surface area contributed by atoms with Gasteiger partial charge in [0.1, 0.15) is 0 Å². The molecule has 0 amide bonds. The van der Waals surface area contributed by atoms with Crippen LogP contribution < -0.4 is 5.73 Å². The summed E-state index contributed by atoms with van der Waals surface area (Å²) in [6.07, 6.45) is 2.19. The van der Waals surface area contributed by atoms with Crippen LogP contribution in [0.1, 0.15) is 29.0 Å². The van der Waals surface area contributed by atoms with Crippen molar-refractivity contribution < 1.29 is 0 Å². The Morgan fingerprint density at radius 1 is 0.882 bits per heavy atom. The third kappa shape index (κ3) is 1.87. The summed E-state index contributed by atoms with van der Waals surface area (Å²) < 4.78 is 0. The van der Waals surface area contributed by atoms with Gasteiger partial charge in [0.15, 0.2) is 0 Å². The molecule has 0 spiro atoms. The fourth-order valence-corrected chi connectivity index (χ4v) is 2.87. The van der Waals surface area contributed by atoms with Crippen molar-refractivity contribution in [3.63, 3.8) is 0 Å². The molecule has 1 nitrogen and oxygen atoms in total. The molecule has 0 aromatic heterocycles. The van der Waals surface area contributed by atoms with Gasteiger partial charge in [0, 0.05) is 12.0 Å². The maximum atomic E-state index is 6.33. The Morgan fingerprint density at radius 2 is 1.59 bits per heavy atom. The lowest BCUT2D eigenvalue weighted by molar-refractivity contribution is 0.518. The van der Waals surface area contributed by atoms with Crippen molar-refractivity contribution in [2.24, 2.45) is 5.73 Å². The summed E-state index contributed by atoms with van der Waals surface area (Å²) >= 11 is 0. The van der Waals surface area contributed by atoms with Gasteiger partial charge in [-0.05, 0) is 29.5 Å². The van der Waals surface area contributed by atoms with E-state index in [4.69, 9.17) is 5.73 Å². The predicted molar refractivity (Wildman–Crippen MR) is 71.0 cm³/mol. The Bertz CT molecular complexity index is 504. The SMILES string of the molecule is N[C@@H]1CCc2ccccc2[C@H]1c1ccccc1. The molecule has 1 heteroatoms. The zero-order chi connectivity index (χ0) is 11.7. The molecule has 0 unspecified atom stereocenters. The molecule has 2 aromatic carbocycles. The van der Waals surface area contributed by atoms with Gasteiger partial charge in [-0.15, -0.1) is 0 Å². The molecule has 2 aromatic rings. The Kier molecular flexibility index (Phi) is 2.69. The van der Waals surface area contributed by atoms with E-state index in [1.807, 2.05) is 0 Å². The zero-order valence-corrected chi connectivity index (χ0v) is 9.84. The molecule has 0 radical (unpaired) electrons. The molecule has 0 bridgehead atoms. The van der Waals surface area contributed by atoms with E-state index in [-0.39, 0.29) is 6.04 Å². The van der Waals surface area contributed by atoms with E-state index in [1.54, 1.807) is 0 Å². The molecule has 0 aliphatic heterocycles. The van der Waals surface area contributed by atoms with E-state index in [2.05, 4.69) is 54.6 Å². The van der Waals surface area contributed by atoms with Gasteiger partial charge in [-0.1, -0.05) is 54.6 Å². The van der Waals surface area contributed by atoms with Gasteiger partial charge in [0.05, 0.1) is 0 Å². The highest BCUT2D eigenvalue weighted by molar-refractivity contribution is 5.41. The van der Waals surface area contributed by atoms with Crippen molar-refractivity contribution in [3.05, 3.63) is 71.3 Å². The summed E-state index contributed by atoms with van der Waals surface area (Å²) in [5.74, 6) is 0.362. The number of hydrogen-bond acceptors (Lipinski definition) is 1. The molecule has 2 N–H and O–H groups in total. The van der Waals surface area contributed by atoms with Crippen LogP contribution in [0.3, 0.4) is 0 Å². The highest BCUT2D eigenvalue weighted by Gasteiger charge is 2.27. The second-order valence-electron chi connectivity index (χ2n) is 4.79. The standard InChI is InChI=1S/C16H17N/c17-15-11-10-12-6-4-5-9-14(12)16(15)13-7-2-1-3-8-13/h1-9,15-16H,10-11,17H2/t15-,16-/m1/s1. The van der Waals surface area contributed by atoms with Crippen molar-refractivity contribution in [3.8, 4) is 0 Å². The molecule has 1 aliphatic rings. The molecule has 0 fully saturated rings. The fourth-order valence-electron chi connectivity index (χ4n) is 2.87. The smallest absolute Gasteiger partial charge is 0.0244 e. The lowest BCUT2D eigenvalue weighted by Gasteiger charge is -2.31. The Balaban J connectivity index is 2.10.